The minimum absolute atomic E-state index is 0.0756. The van der Waals surface area contributed by atoms with Crippen molar-refractivity contribution in [1.82, 2.24) is 4.90 Å². The molecule has 0 aromatic rings. The van der Waals surface area contributed by atoms with Crippen LogP contribution < -0.4 is 0 Å². The van der Waals surface area contributed by atoms with E-state index in [1.807, 2.05) is 6.92 Å². The molecule has 18 heavy (non-hydrogen) atoms. The van der Waals surface area contributed by atoms with E-state index in [4.69, 9.17) is 9.47 Å². The number of rotatable bonds is 7. The van der Waals surface area contributed by atoms with E-state index in [0.717, 1.165) is 13.1 Å². The van der Waals surface area contributed by atoms with Crippen LogP contribution in [0.25, 0.3) is 0 Å². The van der Waals surface area contributed by atoms with Crippen molar-refractivity contribution >= 4 is 5.97 Å². The van der Waals surface area contributed by atoms with Crippen LogP contribution in [0.5, 0.6) is 0 Å². The maximum Gasteiger partial charge on any atom is 0.307 e. The third-order valence-corrected chi connectivity index (χ3v) is 4.22. The second-order valence-corrected chi connectivity index (χ2v) is 5.49. The van der Waals surface area contributed by atoms with Crippen molar-refractivity contribution in [1.29, 1.82) is 0 Å². The predicted octanol–water partition coefficient (Wildman–Crippen LogP) is 1.83. The van der Waals surface area contributed by atoms with E-state index in [1.54, 1.807) is 7.11 Å². The summed E-state index contributed by atoms with van der Waals surface area (Å²) in [5.74, 6) is 0.535. The summed E-state index contributed by atoms with van der Waals surface area (Å²) in [6.45, 7) is 5.17. The second kappa shape index (κ2) is 6.02. The molecule has 0 aromatic heterocycles. The molecule has 1 atom stereocenters. The summed E-state index contributed by atoms with van der Waals surface area (Å²) in [6.07, 6.45) is 5.40. The van der Waals surface area contributed by atoms with Gasteiger partial charge in [-0.3, -0.25) is 9.69 Å². The van der Waals surface area contributed by atoms with Crippen LogP contribution in [-0.4, -0.2) is 49.8 Å². The van der Waals surface area contributed by atoms with Crippen molar-refractivity contribution < 1.29 is 14.3 Å². The van der Waals surface area contributed by atoms with E-state index < -0.39 is 0 Å². The maximum absolute atomic E-state index is 11.9. The summed E-state index contributed by atoms with van der Waals surface area (Å²) in [4.78, 5) is 14.4. The van der Waals surface area contributed by atoms with Crippen molar-refractivity contribution in [3.05, 3.63) is 0 Å². The standard InChI is InChI=1S/C14H25NO3/c1-3-18-13(16)10-14(11-17-2,12-6-7-12)15-8-4-5-9-15/h12H,3-11H2,1-2H3. The fraction of sp³-hybridized carbons (Fsp3) is 0.929. The van der Waals surface area contributed by atoms with Gasteiger partial charge in [-0.2, -0.15) is 0 Å². The van der Waals surface area contributed by atoms with Gasteiger partial charge >= 0.3 is 5.97 Å². The monoisotopic (exact) mass is 255 g/mol. The third kappa shape index (κ3) is 2.86. The van der Waals surface area contributed by atoms with Gasteiger partial charge in [-0.15, -0.1) is 0 Å². The lowest BCUT2D eigenvalue weighted by molar-refractivity contribution is -0.148. The van der Waals surface area contributed by atoms with E-state index in [1.165, 1.54) is 25.7 Å². The molecule has 1 aliphatic carbocycles. The zero-order chi connectivity index (χ0) is 13.0. The normalized spacial score (nSPS) is 23.9. The van der Waals surface area contributed by atoms with Crippen molar-refractivity contribution in [3.63, 3.8) is 0 Å². The van der Waals surface area contributed by atoms with Gasteiger partial charge in [-0.1, -0.05) is 0 Å². The number of nitrogens with zero attached hydrogens (tertiary/aromatic N) is 1. The number of carbonyl (C=O) groups is 1. The minimum Gasteiger partial charge on any atom is -0.466 e. The number of likely N-dealkylation sites (tertiary alicyclic amines) is 1. The van der Waals surface area contributed by atoms with Gasteiger partial charge in [0.05, 0.1) is 25.2 Å². The highest BCUT2D eigenvalue weighted by molar-refractivity contribution is 5.71. The zero-order valence-corrected chi connectivity index (χ0v) is 11.6. The van der Waals surface area contributed by atoms with Crippen molar-refractivity contribution in [2.45, 2.75) is 44.6 Å². The van der Waals surface area contributed by atoms with Crippen LogP contribution in [0.2, 0.25) is 0 Å². The highest BCUT2D eigenvalue weighted by Crippen LogP contribution is 2.46. The molecule has 4 nitrogen and oxygen atoms in total. The van der Waals surface area contributed by atoms with Crippen LogP contribution in [0, 0.1) is 5.92 Å². The Bertz CT molecular complexity index is 285. The fourth-order valence-corrected chi connectivity index (χ4v) is 3.27. The average Bonchev–Trinajstić information content (AvgIpc) is 3.04. The Hall–Kier alpha value is -0.610. The summed E-state index contributed by atoms with van der Waals surface area (Å²) in [6, 6.07) is 0. The van der Waals surface area contributed by atoms with Crippen LogP contribution in [0.1, 0.15) is 39.0 Å². The molecule has 1 saturated heterocycles. The Morgan fingerprint density at radius 1 is 1.33 bits per heavy atom. The summed E-state index contributed by atoms with van der Waals surface area (Å²) in [5.41, 5.74) is -0.0997. The van der Waals surface area contributed by atoms with Gasteiger partial charge in [0.1, 0.15) is 0 Å². The number of hydrogen-bond acceptors (Lipinski definition) is 4. The first-order chi connectivity index (χ1) is 8.73. The molecule has 0 amide bonds. The highest BCUT2D eigenvalue weighted by Gasteiger charge is 2.51. The van der Waals surface area contributed by atoms with Crippen LogP contribution in [-0.2, 0) is 14.3 Å². The summed E-state index contributed by atoms with van der Waals surface area (Å²) in [5, 5.41) is 0. The number of carbonyl (C=O) groups excluding carboxylic acids is 1. The van der Waals surface area contributed by atoms with Gasteiger partial charge in [0.15, 0.2) is 0 Å². The topological polar surface area (TPSA) is 38.8 Å². The SMILES string of the molecule is CCOC(=O)CC(COC)(C1CC1)N1CCCC1. The first-order valence-corrected chi connectivity index (χ1v) is 7.12. The molecule has 4 heteroatoms. The molecule has 104 valence electrons. The van der Waals surface area contributed by atoms with Crippen molar-refractivity contribution in [3.8, 4) is 0 Å². The van der Waals surface area contributed by atoms with E-state index in [9.17, 15) is 4.79 Å². The Kier molecular flexibility index (Phi) is 4.62. The van der Waals surface area contributed by atoms with Gasteiger partial charge < -0.3 is 9.47 Å². The van der Waals surface area contributed by atoms with Gasteiger partial charge in [0.2, 0.25) is 0 Å². The lowest BCUT2D eigenvalue weighted by Gasteiger charge is -2.41. The Morgan fingerprint density at radius 2 is 2.00 bits per heavy atom. The molecular formula is C14H25NO3. The molecule has 0 bridgehead atoms. The van der Waals surface area contributed by atoms with E-state index >= 15 is 0 Å². The minimum atomic E-state index is -0.0997. The van der Waals surface area contributed by atoms with Crippen LogP contribution in [0.15, 0.2) is 0 Å². The molecule has 0 radical (unpaired) electrons. The Morgan fingerprint density at radius 3 is 2.50 bits per heavy atom. The van der Waals surface area contributed by atoms with Crippen LogP contribution in [0.3, 0.4) is 0 Å². The molecule has 0 aromatic carbocycles. The van der Waals surface area contributed by atoms with E-state index in [-0.39, 0.29) is 11.5 Å². The molecule has 2 aliphatic rings. The average molecular weight is 255 g/mol. The Labute approximate surface area is 110 Å². The fourth-order valence-electron chi connectivity index (χ4n) is 3.27. The molecule has 2 rings (SSSR count). The van der Waals surface area contributed by atoms with Gasteiger partial charge in [-0.25, -0.2) is 0 Å². The lowest BCUT2D eigenvalue weighted by atomic mass is 9.88. The molecule has 2 fully saturated rings. The highest BCUT2D eigenvalue weighted by atomic mass is 16.5. The first-order valence-electron chi connectivity index (χ1n) is 7.12. The van der Waals surface area contributed by atoms with Gasteiger partial charge in [-0.05, 0) is 51.6 Å². The van der Waals surface area contributed by atoms with E-state index in [2.05, 4.69) is 4.90 Å². The smallest absolute Gasteiger partial charge is 0.307 e. The van der Waals surface area contributed by atoms with Gasteiger partial charge in [0.25, 0.3) is 0 Å². The zero-order valence-electron chi connectivity index (χ0n) is 11.6. The first kappa shape index (κ1) is 13.8. The molecule has 1 heterocycles. The lowest BCUT2D eigenvalue weighted by Crippen LogP contribution is -2.54. The van der Waals surface area contributed by atoms with Crippen LogP contribution in [0.4, 0.5) is 0 Å². The second-order valence-electron chi connectivity index (χ2n) is 5.49. The number of hydrogen-bond donors (Lipinski definition) is 0. The number of methoxy groups -OCH3 is 1. The van der Waals surface area contributed by atoms with Crippen molar-refractivity contribution in [2.24, 2.45) is 5.92 Å². The summed E-state index contributed by atoms with van der Waals surface area (Å²) < 4.78 is 10.6. The number of ether oxygens (including phenoxy) is 2. The quantitative estimate of drug-likeness (QED) is 0.651. The van der Waals surface area contributed by atoms with E-state index in [0.29, 0.717) is 25.6 Å². The molecule has 1 aliphatic heterocycles. The van der Waals surface area contributed by atoms with Crippen LogP contribution >= 0.6 is 0 Å². The summed E-state index contributed by atoms with van der Waals surface area (Å²) >= 11 is 0. The molecular weight excluding hydrogens is 230 g/mol. The largest absolute Gasteiger partial charge is 0.466 e. The molecule has 0 N–H and O–H groups in total. The number of esters is 1. The summed E-state index contributed by atoms with van der Waals surface area (Å²) in [7, 11) is 1.73. The Balaban J connectivity index is 2.10. The molecule has 1 saturated carbocycles. The third-order valence-electron chi connectivity index (χ3n) is 4.22. The van der Waals surface area contributed by atoms with Gasteiger partial charge in [0, 0.05) is 7.11 Å². The molecule has 1 unspecified atom stereocenters. The van der Waals surface area contributed by atoms with Crippen molar-refractivity contribution in [2.75, 3.05) is 33.4 Å². The maximum atomic E-state index is 11.9. The molecule has 0 spiro atoms. The predicted molar refractivity (Wildman–Crippen MR) is 69.4 cm³/mol.